The molecule has 1 heterocycles. The number of amides is 1. The molecule has 0 fully saturated rings. The Hall–Kier alpha value is -1.77. The lowest BCUT2D eigenvalue weighted by Crippen LogP contribution is -2.30. The molecule has 1 aromatic heterocycles. The Labute approximate surface area is 114 Å². The second-order valence-electron chi connectivity index (χ2n) is 5.35. The van der Waals surface area contributed by atoms with E-state index in [-0.39, 0.29) is 5.91 Å². The normalized spacial score (nSPS) is 11.2. The summed E-state index contributed by atoms with van der Waals surface area (Å²) in [7, 11) is 0. The van der Waals surface area contributed by atoms with Crippen molar-refractivity contribution >= 4 is 16.8 Å². The Balaban J connectivity index is 2.19. The number of fused-ring (bicyclic) bond motifs is 1. The quantitative estimate of drug-likeness (QED) is 0.879. The van der Waals surface area contributed by atoms with Crippen molar-refractivity contribution in [1.29, 1.82) is 0 Å². The third kappa shape index (κ3) is 3.16. The molecule has 0 spiro atoms. The van der Waals surface area contributed by atoms with Crippen molar-refractivity contribution in [2.24, 2.45) is 5.92 Å². The van der Waals surface area contributed by atoms with Gasteiger partial charge in [-0.05, 0) is 29.4 Å². The lowest BCUT2D eigenvalue weighted by molar-refractivity contribution is -0.121. The molecule has 0 bridgehead atoms. The van der Waals surface area contributed by atoms with Crippen LogP contribution < -0.4 is 5.32 Å². The van der Waals surface area contributed by atoms with E-state index in [0.29, 0.717) is 12.5 Å². The zero-order valence-electron chi connectivity index (χ0n) is 11.9. The number of carbonyl (C=O) groups excluding carboxylic acids is 1. The summed E-state index contributed by atoms with van der Waals surface area (Å²) in [5.41, 5.74) is 2.48. The minimum atomic E-state index is 0.0807. The Morgan fingerprint density at radius 2 is 2.11 bits per heavy atom. The fourth-order valence-corrected chi connectivity index (χ4v) is 2.29. The van der Waals surface area contributed by atoms with Crippen LogP contribution in [0.4, 0.5) is 0 Å². The molecule has 0 radical (unpaired) electrons. The van der Waals surface area contributed by atoms with Crippen LogP contribution in [0.1, 0.15) is 26.3 Å². The van der Waals surface area contributed by atoms with E-state index in [1.165, 1.54) is 16.5 Å². The first-order valence-electron chi connectivity index (χ1n) is 6.95. The first-order valence-corrected chi connectivity index (χ1v) is 6.95. The smallest absolute Gasteiger partial charge is 0.239 e. The molecule has 0 aliphatic heterocycles. The highest BCUT2D eigenvalue weighted by Crippen LogP contribution is 2.20. The van der Waals surface area contributed by atoms with Gasteiger partial charge in [0.15, 0.2) is 0 Å². The van der Waals surface area contributed by atoms with E-state index in [1.807, 2.05) is 10.8 Å². The highest BCUT2D eigenvalue weighted by Gasteiger charge is 2.09. The molecule has 0 saturated carbocycles. The van der Waals surface area contributed by atoms with Crippen LogP contribution in [0.5, 0.6) is 0 Å². The summed E-state index contributed by atoms with van der Waals surface area (Å²) in [4.78, 5) is 11.9. The van der Waals surface area contributed by atoms with Gasteiger partial charge in [0.05, 0.1) is 5.52 Å². The van der Waals surface area contributed by atoms with Gasteiger partial charge in [0, 0.05) is 12.7 Å². The third-order valence-electron chi connectivity index (χ3n) is 3.27. The summed E-state index contributed by atoms with van der Waals surface area (Å²) in [6, 6.07) is 8.37. The number of hydrogen-bond donors (Lipinski definition) is 1. The van der Waals surface area contributed by atoms with Crippen molar-refractivity contribution in [2.75, 3.05) is 6.54 Å². The van der Waals surface area contributed by atoms with E-state index >= 15 is 0 Å². The molecule has 3 heteroatoms. The van der Waals surface area contributed by atoms with Crippen LogP contribution in [-0.4, -0.2) is 17.0 Å². The van der Waals surface area contributed by atoms with Gasteiger partial charge in [-0.15, -0.1) is 0 Å². The number of nitrogens with zero attached hydrogens (tertiary/aromatic N) is 1. The topological polar surface area (TPSA) is 34.0 Å². The van der Waals surface area contributed by atoms with E-state index in [9.17, 15) is 4.79 Å². The summed E-state index contributed by atoms with van der Waals surface area (Å²) in [5.74, 6) is 0.564. The van der Waals surface area contributed by atoms with Crippen LogP contribution in [0.15, 0.2) is 30.5 Å². The lowest BCUT2D eigenvalue weighted by atomic mass is 10.1. The minimum Gasteiger partial charge on any atom is -0.354 e. The second kappa shape index (κ2) is 5.91. The summed E-state index contributed by atoms with van der Waals surface area (Å²) in [6.07, 6.45) is 2.98. The van der Waals surface area contributed by atoms with E-state index in [2.05, 4.69) is 50.4 Å². The number of carbonyl (C=O) groups is 1. The number of aromatic nitrogens is 1. The van der Waals surface area contributed by atoms with Gasteiger partial charge in [-0.2, -0.15) is 0 Å². The van der Waals surface area contributed by atoms with E-state index in [1.54, 1.807) is 0 Å². The molecule has 0 aliphatic rings. The van der Waals surface area contributed by atoms with Gasteiger partial charge in [-0.1, -0.05) is 39.0 Å². The van der Waals surface area contributed by atoms with Crippen molar-refractivity contribution in [3.8, 4) is 0 Å². The maximum absolute atomic E-state index is 11.9. The largest absolute Gasteiger partial charge is 0.354 e. The van der Waals surface area contributed by atoms with Crippen molar-refractivity contribution in [3.63, 3.8) is 0 Å². The minimum absolute atomic E-state index is 0.0807. The van der Waals surface area contributed by atoms with E-state index in [4.69, 9.17) is 0 Å². The van der Waals surface area contributed by atoms with Crippen LogP contribution in [0.25, 0.3) is 10.9 Å². The van der Waals surface area contributed by atoms with Crippen molar-refractivity contribution in [3.05, 3.63) is 36.0 Å². The number of aryl methyl sites for hydroxylation is 1. The molecule has 1 N–H and O–H groups in total. The van der Waals surface area contributed by atoms with Gasteiger partial charge in [-0.25, -0.2) is 0 Å². The number of nitrogens with one attached hydrogen (secondary N) is 1. The highest BCUT2D eigenvalue weighted by atomic mass is 16.1. The van der Waals surface area contributed by atoms with Crippen molar-refractivity contribution in [2.45, 2.75) is 33.7 Å². The Bertz CT molecular complexity index is 569. The molecule has 3 nitrogen and oxygen atoms in total. The molecule has 0 saturated heterocycles. The second-order valence-corrected chi connectivity index (χ2v) is 5.35. The molecule has 1 aromatic carbocycles. The van der Waals surface area contributed by atoms with Gasteiger partial charge in [0.2, 0.25) is 5.91 Å². The number of benzene rings is 1. The molecular formula is C16H22N2O. The van der Waals surface area contributed by atoms with E-state index < -0.39 is 0 Å². The molecule has 0 atom stereocenters. The molecule has 2 rings (SSSR count). The molecular weight excluding hydrogens is 236 g/mol. The number of hydrogen-bond acceptors (Lipinski definition) is 1. The Morgan fingerprint density at radius 1 is 1.32 bits per heavy atom. The zero-order valence-corrected chi connectivity index (χ0v) is 11.9. The number of rotatable bonds is 5. The third-order valence-corrected chi connectivity index (χ3v) is 3.27. The first-order chi connectivity index (χ1) is 9.11. The summed E-state index contributed by atoms with van der Waals surface area (Å²) >= 11 is 0. The highest BCUT2D eigenvalue weighted by molar-refractivity contribution is 5.85. The molecule has 1 amide bonds. The van der Waals surface area contributed by atoms with Crippen molar-refractivity contribution in [1.82, 2.24) is 9.88 Å². The molecule has 19 heavy (non-hydrogen) atoms. The zero-order chi connectivity index (χ0) is 13.8. The fourth-order valence-electron chi connectivity index (χ4n) is 2.29. The van der Waals surface area contributed by atoms with Crippen molar-refractivity contribution < 1.29 is 4.79 Å². The fraction of sp³-hybridized carbons (Fsp3) is 0.438. The van der Waals surface area contributed by atoms with Gasteiger partial charge in [0.1, 0.15) is 6.54 Å². The Kier molecular flexibility index (Phi) is 4.25. The van der Waals surface area contributed by atoms with Crippen LogP contribution in [0, 0.1) is 5.92 Å². The van der Waals surface area contributed by atoms with Crippen LogP contribution in [-0.2, 0) is 17.8 Å². The molecule has 2 aromatic rings. The molecule has 0 unspecified atom stereocenters. The average Bonchev–Trinajstić information content (AvgIpc) is 2.79. The van der Waals surface area contributed by atoms with Gasteiger partial charge in [-0.3, -0.25) is 4.79 Å². The van der Waals surface area contributed by atoms with Crippen LogP contribution >= 0.6 is 0 Å². The van der Waals surface area contributed by atoms with Gasteiger partial charge < -0.3 is 9.88 Å². The van der Waals surface area contributed by atoms with Gasteiger partial charge in [0.25, 0.3) is 0 Å². The van der Waals surface area contributed by atoms with Crippen LogP contribution in [0.3, 0.4) is 0 Å². The average molecular weight is 258 g/mol. The number of para-hydroxylation sites is 1. The lowest BCUT2D eigenvalue weighted by Gasteiger charge is -2.10. The predicted molar refractivity (Wildman–Crippen MR) is 79.2 cm³/mol. The standard InChI is InChI=1S/C16H22N2O/c1-4-13-6-5-7-14-8-9-18(16(13)14)11-15(19)17-10-12(2)3/h5-9,12H,4,10-11H2,1-3H3,(H,17,19). The summed E-state index contributed by atoms with van der Waals surface area (Å²) in [6.45, 7) is 7.47. The van der Waals surface area contributed by atoms with Gasteiger partial charge >= 0.3 is 0 Å². The van der Waals surface area contributed by atoms with E-state index in [0.717, 1.165) is 13.0 Å². The molecule has 102 valence electrons. The summed E-state index contributed by atoms with van der Waals surface area (Å²) in [5, 5.41) is 4.17. The monoisotopic (exact) mass is 258 g/mol. The maximum Gasteiger partial charge on any atom is 0.239 e. The van der Waals surface area contributed by atoms with Crippen LogP contribution in [0.2, 0.25) is 0 Å². The first kappa shape index (κ1) is 13.7. The SMILES string of the molecule is CCc1cccc2ccn(CC(=O)NCC(C)C)c12. The summed E-state index contributed by atoms with van der Waals surface area (Å²) < 4.78 is 2.05. The Morgan fingerprint density at radius 3 is 2.79 bits per heavy atom. The maximum atomic E-state index is 11.9. The predicted octanol–water partition coefficient (Wildman–Crippen LogP) is 2.98. The molecule has 0 aliphatic carbocycles.